The monoisotopic (exact) mass is 213 g/mol. The van der Waals surface area contributed by atoms with E-state index in [2.05, 4.69) is 0 Å². The maximum atomic E-state index is 11.5. The minimum Gasteiger partial charge on any atom is -0.277 e. The standard InChI is InChI=1S/C8H7NO4S/c10-6-9(7-11)14(12,13)8-4-2-1-3-5-8/h1-7H. The first-order valence-corrected chi connectivity index (χ1v) is 5.06. The molecule has 0 saturated heterocycles. The van der Waals surface area contributed by atoms with Crippen LogP contribution in [0.3, 0.4) is 0 Å². The Balaban J connectivity index is 3.21. The molecule has 5 nitrogen and oxygen atoms in total. The van der Waals surface area contributed by atoms with Gasteiger partial charge < -0.3 is 0 Å². The van der Waals surface area contributed by atoms with Crippen molar-refractivity contribution in [1.82, 2.24) is 4.31 Å². The zero-order chi connectivity index (χ0) is 10.6. The number of hydrogen-bond acceptors (Lipinski definition) is 4. The smallest absolute Gasteiger partial charge is 0.272 e. The Bertz CT molecular complexity index is 418. The predicted octanol–water partition coefficient (Wildman–Crippen LogP) is -0.00990. The van der Waals surface area contributed by atoms with E-state index in [9.17, 15) is 18.0 Å². The van der Waals surface area contributed by atoms with E-state index >= 15 is 0 Å². The van der Waals surface area contributed by atoms with Crippen LogP contribution in [0, 0.1) is 0 Å². The molecule has 1 aromatic carbocycles. The van der Waals surface area contributed by atoms with Crippen molar-refractivity contribution in [3.05, 3.63) is 30.3 Å². The summed E-state index contributed by atoms with van der Waals surface area (Å²) in [4.78, 5) is 20.4. The lowest BCUT2D eigenvalue weighted by Gasteiger charge is -2.09. The maximum absolute atomic E-state index is 11.5. The number of hydrogen-bond donors (Lipinski definition) is 0. The molecule has 0 aromatic heterocycles. The minimum atomic E-state index is -4.00. The predicted molar refractivity (Wildman–Crippen MR) is 47.6 cm³/mol. The topological polar surface area (TPSA) is 71.5 Å². The summed E-state index contributed by atoms with van der Waals surface area (Å²) in [6.07, 6.45) is -0.0926. The molecule has 0 aliphatic carbocycles. The van der Waals surface area contributed by atoms with E-state index in [1.165, 1.54) is 24.3 Å². The van der Waals surface area contributed by atoms with E-state index in [-0.39, 0.29) is 22.0 Å². The molecule has 0 unspecified atom stereocenters. The summed E-state index contributed by atoms with van der Waals surface area (Å²) in [6.45, 7) is 0. The highest BCUT2D eigenvalue weighted by Crippen LogP contribution is 2.11. The first kappa shape index (κ1) is 10.4. The summed E-state index contributed by atoms with van der Waals surface area (Å²) in [7, 11) is -4.00. The van der Waals surface area contributed by atoms with Gasteiger partial charge in [0, 0.05) is 0 Å². The van der Waals surface area contributed by atoms with E-state index in [1.54, 1.807) is 6.07 Å². The Labute approximate surface area is 81.0 Å². The van der Waals surface area contributed by atoms with Gasteiger partial charge in [0.05, 0.1) is 4.90 Å². The molecule has 0 N–H and O–H groups in total. The molecule has 0 radical (unpaired) electrons. The minimum absolute atomic E-state index is 0.0463. The highest BCUT2D eigenvalue weighted by atomic mass is 32.2. The van der Waals surface area contributed by atoms with Gasteiger partial charge in [-0.3, -0.25) is 9.59 Å². The molecular weight excluding hydrogens is 206 g/mol. The van der Waals surface area contributed by atoms with E-state index in [4.69, 9.17) is 0 Å². The molecule has 0 aliphatic heterocycles. The third-order valence-corrected chi connectivity index (χ3v) is 3.12. The summed E-state index contributed by atoms with van der Waals surface area (Å²) < 4.78 is 23.0. The molecule has 1 aromatic rings. The molecule has 0 heterocycles. The fourth-order valence-electron chi connectivity index (χ4n) is 0.852. The van der Waals surface area contributed by atoms with Crippen LogP contribution in [0.2, 0.25) is 0 Å². The summed E-state index contributed by atoms with van der Waals surface area (Å²) in [6, 6.07) is 7.23. The lowest BCUT2D eigenvalue weighted by Crippen LogP contribution is -2.28. The van der Waals surface area contributed by atoms with Gasteiger partial charge in [-0.15, -0.1) is 0 Å². The van der Waals surface area contributed by atoms with E-state index in [0.29, 0.717) is 0 Å². The Hall–Kier alpha value is -1.69. The summed E-state index contributed by atoms with van der Waals surface area (Å²) >= 11 is 0. The van der Waals surface area contributed by atoms with Crippen LogP contribution in [-0.2, 0) is 19.6 Å². The molecule has 6 heteroatoms. The third-order valence-electron chi connectivity index (χ3n) is 1.53. The van der Waals surface area contributed by atoms with Gasteiger partial charge in [-0.25, -0.2) is 8.42 Å². The van der Waals surface area contributed by atoms with Crippen molar-refractivity contribution < 1.29 is 18.0 Å². The van der Waals surface area contributed by atoms with Crippen LogP contribution in [0.1, 0.15) is 0 Å². The maximum Gasteiger partial charge on any atom is 0.272 e. The fourth-order valence-corrected chi connectivity index (χ4v) is 1.82. The molecule has 0 bridgehead atoms. The summed E-state index contributed by atoms with van der Waals surface area (Å²) in [5.74, 6) is 0. The molecule has 0 saturated carbocycles. The highest BCUT2D eigenvalue weighted by molar-refractivity contribution is 7.90. The molecule has 14 heavy (non-hydrogen) atoms. The molecule has 0 spiro atoms. The SMILES string of the molecule is O=CN(C=O)S(=O)(=O)c1ccccc1. The lowest BCUT2D eigenvalue weighted by molar-refractivity contribution is -0.123. The summed E-state index contributed by atoms with van der Waals surface area (Å²) in [5.41, 5.74) is 0. The van der Waals surface area contributed by atoms with E-state index < -0.39 is 10.0 Å². The van der Waals surface area contributed by atoms with Crippen molar-refractivity contribution >= 4 is 22.8 Å². The average Bonchev–Trinajstić information content (AvgIpc) is 2.20. The van der Waals surface area contributed by atoms with Crippen molar-refractivity contribution in [2.75, 3.05) is 0 Å². The number of nitrogens with zero attached hydrogens (tertiary/aromatic N) is 1. The van der Waals surface area contributed by atoms with Crippen LogP contribution < -0.4 is 0 Å². The fraction of sp³-hybridized carbons (Fsp3) is 0. The van der Waals surface area contributed by atoms with E-state index in [0.717, 1.165) is 0 Å². The second-order valence-electron chi connectivity index (χ2n) is 2.36. The number of imide groups is 1. The average molecular weight is 213 g/mol. The van der Waals surface area contributed by atoms with Gasteiger partial charge >= 0.3 is 0 Å². The molecule has 0 fully saturated rings. The number of sulfonamides is 1. The Morgan fingerprint density at radius 2 is 1.50 bits per heavy atom. The van der Waals surface area contributed by atoms with Crippen LogP contribution in [0.4, 0.5) is 0 Å². The van der Waals surface area contributed by atoms with Gasteiger partial charge in [0.1, 0.15) is 0 Å². The number of amides is 2. The van der Waals surface area contributed by atoms with Gasteiger partial charge in [0.25, 0.3) is 10.0 Å². The number of benzene rings is 1. The van der Waals surface area contributed by atoms with Crippen molar-refractivity contribution in [1.29, 1.82) is 0 Å². The normalized spacial score (nSPS) is 10.6. The van der Waals surface area contributed by atoms with Gasteiger partial charge in [-0.2, -0.15) is 4.31 Å². The van der Waals surface area contributed by atoms with Gasteiger partial charge in [0.2, 0.25) is 12.8 Å². The third kappa shape index (κ3) is 1.80. The van der Waals surface area contributed by atoms with Crippen LogP contribution in [-0.4, -0.2) is 25.5 Å². The molecule has 0 aliphatic rings. The molecular formula is C8H7NO4S. The molecule has 0 atom stereocenters. The quantitative estimate of drug-likeness (QED) is 0.659. The Kier molecular flexibility index (Phi) is 2.98. The highest BCUT2D eigenvalue weighted by Gasteiger charge is 2.21. The van der Waals surface area contributed by atoms with E-state index in [1.807, 2.05) is 0 Å². The van der Waals surface area contributed by atoms with Crippen molar-refractivity contribution in [2.24, 2.45) is 0 Å². The molecule has 74 valence electrons. The van der Waals surface area contributed by atoms with Crippen molar-refractivity contribution in [2.45, 2.75) is 4.90 Å². The zero-order valence-corrected chi connectivity index (χ0v) is 7.85. The molecule has 2 amide bonds. The van der Waals surface area contributed by atoms with Crippen LogP contribution in [0.5, 0.6) is 0 Å². The van der Waals surface area contributed by atoms with Crippen molar-refractivity contribution in [3.8, 4) is 0 Å². The Morgan fingerprint density at radius 1 is 1.00 bits per heavy atom. The zero-order valence-electron chi connectivity index (χ0n) is 7.03. The second-order valence-corrected chi connectivity index (χ2v) is 4.20. The Morgan fingerprint density at radius 3 is 1.93 bits per heavy atom. The van der Waals surface area contributed by atoms with Crippen LogP contribution >= 0.6 is 0 Å². The lowest BCUT2D eigenvalue weighted by atomic mass is 10.4. The van der Waals surface area contributed by atoms with Gasteiger partial charge in [0.15, 0.2) is 0 Å². The second kappa shape index (κ2) is 4.01. The van der Waals surface area contributed by atoms with Gasteiger partial charge in [-0.1, -0.05) is 18.2 Å². The first-order valence-electron chi connectivity index (χ1n) is 3.62. The summed E-state index contributed by atoms with van der Waals surface area (Å²) in [5, 5.41) is 0. The van der Waals surface area contributed by atoms with Crippen molar-refractivity contribution in [3.63, 3.8) is 0 Å². The van der Waals surface area contributed by atoms with Gasteiger partial charge in [-0.05, 0) is 12.1 Å². The molecule has 1 rings (SSSR count). The number of rotatable bonds is 4. The first-order chi connectivity index (χ1) is 6.62. The number of carbonyl (C=O) groups is 2. The number of carbonyl (C=O) groups excluding carboxylic acids is 2. The van der Waals surface area contributed by atoms with Crippen LogP contribution in [0.25, 0.3) is 0 Å². The van der Waals surface area contributed by atoms with Crippen LogP contribution in [0.15, 0.2) is 35.2 Å². The largest absolute Gasteiger partial charge is 0.277 e.